The molecule has 0 saturated carbocycles. The lowest BCUT2D eigenvalue weighted by atomic mass is 9.53. The molecule has 0 unspecified atom stereocenters. The number of hydrogen-bond donors (Lipinski definition) is 0. The summed E-state index contributed by atoms with van der Waals surface area (Å²) in [5.74, 6) is 0.265. The van der Waals surface area contributed by atoms with Gasteiger partial charge in [-0.2, -0.15) is 0 Å². The third kappa shape index (κ3) is 4.21. The fourth-order valence-corrected chi connectivity index (χ4v) is 15.9. The lowest BCUT2D eigenvalue weighted by Crippen LogP contribution is -2.50. The molecule has 0 aromatic heterocycles. The molecule has 0 atom stereocenters. The Bertz CT molecular complexity index is 1670. The van der Waals surface area contributed by atoms with Gasteiger partial charge in [0.15, 0.2) is 0 Å². The Labute approximate surface area is 303 Å². The van der Waals surface area contributed by atoms with Crippen LogP contribution >= 0.6 is 30.6 Å². The standard InChI is InChI=1S/C44H55Br2Si/c1-38(2)13-16-41(7,8)34-22-28-25(19-31(34)38)37-26-20-32-35(42(9,10)17-14-39(32,3)4)23-29(26)44(28,47(45)46)30-24-36-33(21-27(30)37)40(5,6)15-18-43(36,11)12/h19-24,37H,13-18H2,1-12H3. The van der Waals surface area contributed by atoms with Crippen molar-refractivity contribution in [3.05, 3.63) is 103 Å². The number of benzene rings is 3. The molecule has 0 spiro atoms. The summed E-state index contributed by atoms with van der Waals surface area (Å²) in [4.78, 5) is 0. The molecule has 6 aliphatic carbocycles. The van der Waals surface area contributed by atoms with E-state index >= 15 is 0 Å². The predicted molar refractivity (Wildman–Crippen MR) is 210 cm³/mol. The zero-order valence-corrected chi connectivity index (χ0v) is 35.2. The van der Waals surface area contributed by atoms with E-state index in [-0.39, 0.29) is 43.4 Å². The highest BCUT2D eigenvalue weighted by atomic mass is 79.9. The van der Waals surface area contributed by atoms with Crippen molar-refractivity contribution in [1.82, 2.24) is 0 Å². The molecule has 0 N–H and O–H groups in total. The van der Waals surface area contributed by atoms with E-state index in [1.54, 1.807) is 66.8 Å². The minimum absolute atomic E-state index is 0.165. The lowest BCUT2D eigenvalue weighted by molar-refractivity contribution is 0.328. The van der Waals surface area contributed by atoms with Gasteiger partial charge in [0.2, 0.25) is 6.04 Å². The van der Waals surface area contributed by atoms with Crippen LogP contribution in [0.25, 0.3) is 0 Å². The minimum Gasteiger partial charge on any atom is -0.111 e. The van der Waals surface area contributed by atoms with Crippen LogP contribution in [0.3, 0.4) is 0 Å². The summed E-state index contributed by atoms with van der Waals surface area (Å²) in [5, 5.41) is -0.231. The van der Waals surface area contributed by atoms with E-state index < -0.39 is 6.04 Å². The summed E-state index contributed by atoms with van der Waals surface area (Å²) in [7, 11) is 0. The van der Waals surface area contributed by atoms with Gasteiger partial charge in [0.1, 0.15) is 0 Å². The van der Waals surface area contributed by atoms with Gasteiger partial charge in [0, 0.05) is 5.92 Å². The quantitative estimate of drug-likeness (QED) is 0.171. The third-order valence-corrected chi connectivity index (χ3v) is 19.4. The van der Waals surface area contributed by atoms with Crippen LogP contribution in [-0.4, -0.2) is 6.04 Å². The first-order valence-electron chi connectivity index (χ1n) is 18.3. The highest BCUT2D eigenvalue weighted by Crippen LogP contribution is 2.66. The molecule has 0 aliphatic heterocycles. The normalized spacial score (nSPS) is 28.8. The number of rotatable bonds is 1. The Morgan fingerprint density at radius 3 is 0.809 bits per heavy atom. The molecule has 3 aromatic rings. The molecule has 1 radical (unpaired) electrons. The van der Waals surface area contributed by atoms with Crippen LogP contribution in [0.5, 0.6) is 0 Å². The number of halogens is 2. The van der Waals surface area contributed by atoms with Crippen LogP contribution in [0.2, 0.25) is 0 Å². The Balaban J connectivity index is 1.55. The second kappa shape index (κ2) is 9.58. The molecule has 0 saturated heterocycles. The summed E-state index contributed by atoms with van der Waals surface area (Å²) >= 11 is 8.89. The topological polar surface area (TPSA) is 0 Å². The highest BCUT2D eigenvalue weighted by molar-refractivity contribution is 9.49. The Morgan fingerprint density at radius 1 is 0.383 bits per heavy atom. The largest absolute Gasteiger partial charge is 0.235 e. The van der Waals surface area contributed by atoms with Crippen molar-refractivity contribution in [2.75, 3.05) is 0 Å². The second-order valence-corrected chi connectivity index (χ2v) is 29.4. The smallest absolute Gasteiger partial charge is 0.111 e. The van der Waals surface area contributed by atoms with E-state index in [1.807, 2.05) is 0 Å². The maximum Gasteiger partial charge on any atom is 0.235 e. The lowest BCUT2D eigenvalue weighted by Gasteiger charge is -2.55. The van der Waals surface area contributed by atoms with Gasteiger partial charge in [-0.3, -0.25) is 0 Å². The molecule has 249 valence electrons. The number of fused-ring (bicyclic) bond motifs is 3. The van der Waals surface area contributed by atoms with Gasteiger partial charge >= 0.3 is 0 Å². The van der Waals surface area contributed by atoms with Crippen molar-refractivity contribution >= 4 is 36.6 Å². The van der Waals surface area contributed by atoms with Crippen LogP contribution < -0.4 is 0 Å². The highest BCUT2D eigenvalue weighted by Gasteiger charge is 2.59. The van der Waals surface area contributed by atoms with Crippen LogP contribution in [-0.2, 0) is 37.5 Å². The Morgan fingerprint density at radius 2 is 0.596 bits per heavy atom. The Kier molecular flexibility index (Phi) is 6.73. The summed E-state index contributed by atoms with van der Waals surface area (Å²) in [6.07, 6.45) is 7.45. The first-order chi connectivity index (χ1) is 21.6. The molecule has 47 heavy (non-hydrogen) atoms. The molecule has 0 amide bonds. The van der Waals surface area contributed by atoms with Gasteiger partial charge < -0.3 is 0 Å². The van der Waals surface area contributed by atoms with Gasteiger partial charge in [0.25, 0.3) is 0 Å². The van der Waals surface area contributed by atoms with Crippen molar-refractivity contribution in [3.63, 3.8) is 0 Å². The average Bonchev–Trinajstić information content (AvgIpc) is 2.98. The van der Waals surface area contributed by atoms with E-state index in [1.165, 1.54) is 38.5 Å². The maximum absolute atomic E-state index is 4.45. The molecule has 9 rings (SSSR count). The van der Waals surface area contributed by atoms with Crippen molar-refractivity contribution in [1.29, 1.82) is 0 Å². The van der Waals surface area contributed by atoms with E-state index in [4.69, 9.17) is 0 Å². The van der Waals surface area contributed by atoms with E-state index in [0.717, 1.165) is 0 Å². The first kappa shape index (κ1) is 33.0. The van der Waals surface area contributed by atoms with Crippen molar-refractivity contribution in [2.45, 2.75) is 165 Å². The second-order valence-electron chi connectivity index (χ2n) is 20.2. The SMILES string of the molecule is CC1(C)CCC(C)(C)c2cc3c(cc21)C1c2cc4c(cc2C3([Si](Br)Br)c2cc3c(cc21)C(C)(C)CCC3(C)C)C(C)(C)CCC4(C)C. The molecular weight excluding hydrogens is 716 g/mol. The zero-order chi connectivity index (χ0) is 34.1. The van der Waals surface area contributed by atoms with Crippen molar-refractivity contribution in [3.8, 4) is 0 Å². The Hall–Kier alpha value is -1.16. The molecule has 0 heterocycles. The van der Waals surface area contributed by atoms with Crippen LogP contribution in [0, 0.1) is 0 Å². The summed E-state index contributed by atoms with van der Waals surface area (Å²) < 4.78 is 0. The van der Waals surface area contributed by atoms with Crippen LogP contribution in [0.4, 0.5) is 0 Å². The summed E-state index contributed by atoms with van der Waals surface area (Å²) in [6, 6.07) is 15.1. The first-order valence-corrected chi connectivity index (χ1v) is 24.3. The number of hydrogen-bond acceptors (Lipinski definition) is 0. The van der Waals surface area contributed by atoms with Gasteiger partial charge in [-0.25, -0.2) is 0 Å². The monoisotopic (exact) mass is 769 g/mol. The fraction of sp³-hybridized carbons (Fsp3) is 0.591. The van der Waals surface area contributed by atoms with Crippen molar-refractivity contribution in [2.24, 2.45) is 0 Å². The van der Waals surface area contributed by atoms with Crippen molar-refractivity contribution < 1.29 is 0 Å². The molecule has 3 heteroatoms. The van der Waals surface area contributed by atoms with Gasteiger partial charge in [-0.15, -0.1) is 30.6 Å². The van der Waals surface area contributed by atoms with Crippen LogP contribution in [0.15, 0.2) is 36.4 Å². The minimum atomic E-state index is -1.29. The van der Waals surface area contributed by atoms with E-state index in [2.05, 4.69) is 150 Å². The molecule has 6 aliphatic rings. The molecular formula is C44H55Br2Si. The van der Waals surface area contributed by atoms with Gasteiger partial charge in [0.05, 0.1) is 5.04 Å². The molecule has 0 fully saturated rings. The van der Waals surface area contributed by atoms with Gasteiger partial charge in [-0.1, -0.05) is 119 Å². The third-order valence-electron chi connectivity index (χ3n) is 14.5. The summed E-state index contributed by atoms with van der Waals surface area (Å²) in [5.41, 5.74) is 20.0. The zero-order valence-electron chi connectivity index (χ0n) is 31.0. The maximum atomic E-state index is 4.45. The summed E-state index contributed by atoms with van der Waals surface area (Å²) in [6.45, 7) is 30.0. The molecule has 3 aromatic carbocycles. The molecule has 2 bridgehead atoms. The van der Waals surface area contributed by atoms with E-state index in [0.29, 0.717) is 0 Å². The molecule has 0 nitrogen and oxygen atoms in total. The van der Waals surface area contributed by atoms with Crippen LogP contribution in [0.1, 0.15) is 194 Å². The van der Waals surface area contributed by atoms with E-state index in [9.17, 15) is 0 Å². The predicted octanol–water partition coefficient (Wildman–Crippen LogP) is 12.7. The van der Waals surface area contributed by atoms with Gasteiger partial charge in [-0.05, 0) is 138 Å². The average molecular weight is 772 g/mol. The fourth-order valence-electron chi connectivity index (χ4n) is 10.8.